The maximum Gasteiger partial charge on any atom is 0.0782 e. The molecule has 0 atom stereocenters. The molecule has 8 aromatic carbocycles. The predicted molar refractivity (Wildman–Crippen MR) is 215 cm³/mol. The lowest BCUT2D eigenvalue weighted by Crippen LogP contribution is -2.00. The molecule has 0 bridgehead atoms. The Bertz CT molecular complexity index is 4310. The van der Waals surface area contributed by atoms with E-state index in [4.69, 9.17) is 13.7 Å². The predicted octanol–water partition coefficient (Wildman–Crippen LogP) is 12.6. The fourth-order valence-electron chi connectivity index (χ4n) is 6.89. The van der Waals surface area contributed by atoms with Gasteiger partial charge in [-0.1, -0.05) is 127 Å². The first-order chi connectivity index (χ1) is 34.5. The van der Waals surface area contributed by atoms with E-state index in [-0.39, 0.29) is 27.5 Å². The van der Waals surface area contributed by atoms with Crippen molar-refractivity contribution in [3.8, 4) is 28.2 Å². The van der Waals surface area contributed by atoms with Gasteiger partial charge in [0.15, 0.2) is 0 Å². The van der Waals surface area contributed by atoms with Crippen LogP contribution in [0.25, 0.3) is 93.6 Å². The van der Waals surface area contributed by atoms with Gasteiger partial charge in [-0.15, -0.1) is 0 Å². The van der Waals surface area contributed by atoms with Crippen molar-refractivity contribution >= 4 is 65.4 Å². The Labute approximate surface area is 325 Å². The molecule has 0 spiro atoms. The molecule has 0 amide bonds. The average molecular weight is 672 g/mol. The van der Waals surface area contributed by atoms with Crippen LogP contribution in [-0.2, 0) is 0 Å². The summed E-state index contributed by atoms with van der Waals surface area (Å²) >= 11 is 0. The second kappa shape index (κ2) is 10.8. The maximum atomic E-state index is 10.2. The van der Waals surface area contributed by atoms with Gasteiger partial charge in [0.05, 0.1) is 68.9 Å². The van der Waals surface area contributed by atoms with Gasteiger partial charge in [-0.2, -0.15) is 0 Å². The summed E-state index contributed by atoms with van der Waals surface area (Å²) in [5.41, 5.74) is -2.12. The summed E-state index contributed by atoms with van der Waals surface area (Å²) in [7, 11) is 0. The number of hydrogen-bond donors (Lipinski definition) is 0. The number of benzene rings is 8. The Morgan fingerprint density at radius 1 is 0.333 bits per heavy atom. The number of rotatable bonds is 4. The van der Waals surface area contributed by atoms with E-state index in [9.17, 15) is 16.4 Å². The standard InChI is InChI=1S/C48H31N3/c1-2-13-32(14-3-1)33-25-27-34(28-26-33)49-42-20-8-7-18-39(42)41-31-35(29-30-46(41)49)50-43-21-9-6-17-38(43)40-19-12-24-47(48(40)50)51-44-22-10-4-15-36(44)37-16-5-11-23-45(37)51/h1-31H/i4D,5D,6D,7D,8D,9D,10D,11D,12D,15D,16D,17D,18D,19D,20D,21D,22D,23D,24D,29D,30D,31D. The van der Waals surface area contributed by atoms with E-state index in [0.29, 0.717) is 0 Å². The van der Waals surface area contributed by atoms with Gasteiger partial charge in [0, 0.05) is 43.7 Å². The smallest absolute Gasteiger partial charge is 0.0782 e. The van der Waals surface area contributed by atoms with Gasteiger partial charge in [-0.05, 0) is 71.6 Å². The lowest BCUT2D eigenvalue weighted by atomic mass is 10.1. The highest BCUT2D eigenvalue weighted by Crippen LogP contribution is 2.41. The molecular formula is C48H31N3. The van der Waals surface area contributed by atoms with Crippen LogP contribution in [0.3, 0.4) is 0 Å². The Hall–Kier alpha value is -6.84. The van der Waals surface area contributed by atoms with Crippen molar-refractivity contribution in [1.29, 1.82) is 0 Å². The van der Waals surface area contributed by atoms with E-state index < -0.39 is 188 Å². The van der Waals surface area contributed by atoms with E-state index in [1.165, 1.54) is 4.57 Å². The van der Waals surface area contributed by atoms with Crippen molar-refractivity contribution in [2.24, 2.45) is 0 Å². The Kier molecular flexibility index (Phi) is 3.01. The van der Waals surface area contributed by atoms with Gasteiger partial charge in [0.25, 0.3) is 0 Å². The first kappa shape index (κ1) is 14.2. The minimum Gasteiger partial charge on any atom is -0.309 e. The Balaban J connectivity index is 1.42. The van der Waals surface area contributed by atoms with Crippen LogP contribution in [0.5, 0.6) is 0 Å². The van der Waals surface area contributed by atoms with Crippen LogP contribution >= 0.6 is 0 Å². The lowest BCUT2D eigenvalue weighted by Gasteiger charge is -2.15. The van der Waals surface area contributed by atoms with E-state index in [2.05, 4.69) is 0 Å². The van der Waals surface area contributed by atoms with Gasteiger partial charge in [0.2, 0.25) is 0 Å². The molecule has 3 heterocycles. The molecule has 0 radical (unpaired) electrons. The molecule has 3 heteroatoms. The molecule has 0 N–H and O–H groups in total. The van der Waals surface area contributed by atoms with Crippen LogP contribution in [-0.4, -0.2) is 13.7 Å². The van der Waals surface area contributed by atoms with Crippen LogP contribution in [0.4, 0.5) is 0 Å². The van der Waals surface area contributed by atoms with Crippen LogP contribution in [0, 0.1) is 0 Å². The fraction of sp³-hybridized carbons (Fsp3) is 0. The fourth-order valence-corrected chi connectivity index (χ4v) is 6.89. The molecule has 0 aliphatic rings. The van der Waals surface area contributed by atoms with Crippen molar-refractivity contribution in [3.63, 3.8) is 0 Å². The van der Waals surface area contributed by atoms with Gasteiger partial charge in [-0.3, -0.25) is 0 Å². The summed E-state index contributed by atoms with van der Waals surface area (Å²) in [4.78, 5) is 0. The third-order valence-electron chi connectivity index (χ3n) is 9.05. The normalized spacial score (nSPS) is 18.0. The number of aromatic nitrogens is 3. The molecule has 0 aliphatic heterocycles. The van der Waals surface area contributed by atoms with E-state index in [1.807, 2.05) is 30.3 Å². The average Bonchev–Trinajstić information content (AvgIpc) is 4.05. The minimum absolute atomic E-state index is 0.189. The molecule has 0 aliphatic carbocycles. The molecule has 51 heavy (non-hydrogen) atoms. The van der Waals surface area contributed by atoms with Crippen molar-refractivity contribution in [2.75, 3.05) is 0 Å². The molecule has 0 fully saturated rings. The summed E-state index contributed by atoms with van der Waals surface area (Å²) in [6.07, 6.45) is 0. The SMILES string of the molecule is [2H]c1c([2H])c([2H])c2c(c1[2H])c1c([2H])c(-n3c4c([2H])c([2H])c([2H])c([2H])c4c4c([2H])c([2H])c([2H])c(-n5c6c([2H])c([2H])c([2H])c([2H])c6c6c([2H])c([2H])c([2H])c([2H])c65)c43)c([2H])c([2H])c1n2-c1ccc(-c2ccccc2)cc1. The monoisotopic (exact) mass is 671 g/mol. The summed E-state index contributed by atoms with van der Waals surface area (Å²) in [6, 6.07) is -1.19. The van der Waals surface area contributed by atoms with Crippen LogP contribution < -0.4 is 0 Å². The molecule has 3 nitrogen and oxygen atoms in total. The van der Waals surface area contributed by atoms with Crippen molar-refractivity contribution in [1.82, 2.24) is 13.7 Å². The third kappa shape index (κ3) is 4.06. The van der Waals surface area contributed by atoms with Gasteiger partial charge in [0.1, 0.15) is 0 Å². The third-order valence-corrected chi connectivity index (χ3v) is 9.05. The number of hydrogen-bond acceptors (Lipinski definition) is 0. The van der Waals surface area contributed by atoms with Gasteiger partial charge < -0.3 is 13.7 Å². The highest BCUT2D eigenvalue weighted by molar-refractivity contribution is 6.16. The zero-order valence-electron chi connectivity index (χ0n) is 48.0. The van der Waals surface area contributed by atoms with Crippen molar-refractivity contribution < 1.29 is 30.2 Å². The van der Waals surface area contributed by atoms with Crippen LogP contribution in [0.15, 0.2) is 188 Å². The zero-order valence-corrected chi connectivity index (χ0v) is 26.0. The Morgan fingerprint density at radius 2 is 0.824 bits per heavy atom. The molecule has 0 saturated carbocycles. The number of nitrogens with zero attached hydrogens (tertiary/aromatic N) is 3. The summed E-state index contributed by atoms with van der Waals surface area (Å²) in [6.45, 7) is 0. The van der Waals surface area contributed by atoms with E-state index in [0.717, 1.165) is 20.3 Å². The summed E-state index contributed by atoms with van der Waals surface area (Å²) < 4.78 is 205. The molecular weight excluding hydrogens is 619 g/mol. The highest BCUT2D eigenvalue weighted by Gasteiger charge is 2.21. The first-order valence-electron chi connectivity index (χ1n) is 26.7. The molecule has 238 valence electrons. The lowest BCUT2D eigenvalue weighted by molar-refractivity contribution is 1.13. The van der Waals surface area contributed by atoms with Crippen LogP contribution in [0.2, 0.25) is 0 Å². The van der Waals surface area contributed by atoms with Gasteiger partial charge in [-0.25, -0.2) is 0 Å². The largest absolute Gasteiger partial charge is 0.309 e. The van der Waals surface area contributed by atoms with Crippen molar-refractivity contribution in [3.05, 3.63) is 188 Å². The number of fused-ring (bicyclic) bond motifs is 9. The second-order valence-corrected chi connectivity index (χ2v) is 11.7. The Morgan fingerprint density at radius 3 is 1.47 bits per heavy atom. The number of para-hydroxylation sites is 5. The minimum atomic E-state index is -0.926. The first-order valence-corrected chi connectivity index (χ1v) is 15.7. The zero-order chi connectivity index (χ0) is 52.6. The molecule has 0 unspecified atom stereocenters. The topological polar surface area (TPSA) is 14.8 Å². The summed E-state index contributed by atoms with van der Waals surface area (Å²) in [5, 5.41) is -2.48. The molecule has 3 aromatic heterocycles. The van der Waals surface area contributed by atoms with E-state index in [1.54, 1.807) is 24.3 Å². The quantitative estimate of drug-likeness (QED) is 0.177. The van der Waals surface area contributed by atoms with Crippen LogP contribution in [0.1, 0.15) is 30.2 Å². The molecule has 11 aromatic rings. The van der Waals surface area contributed by atoms with Gasteiger partial charge >= 0.3 is 0 Å². The highest BCUT2D eigenvalue weighted by atomic mass is 15.1. The molecule has 11 rings (SSSR count). The second-order valence-electron chi connectivity index (χ2n) is 11.7. The van der Waals surface area contributed by atoms with Crippen molar-refractivity contribution in [2.45, 2.75) is 0 Å². The molecule has 0 saturated heterocycles. The summed E-state index contributed by atoms with van der Waals surface area (Å²) in [5.74, 6) is 0. The van der Waals surface area contributed by atoms with E-state index >= 15 is 0 Å². The maximum absolute atomic E-state index is 10.2.